The van der Waals surface area contributed by atoms with Crippen LogP contribution in [-0.4, -0.2) is 26.7 Å². The molecule has 0 fully saturated rings. The molecule has 28 heavy (non-hydrogen) atoms. The predicted octanol–water partition coefficient (Wildman–Crippen LogP) is 4.75. The molecule has 1 unspecified atom stereocenters. The highest BCUT2D eigenvalue weighted by atomic mass is 16.5. The maximum absolute atomic E-state index is 12.5. The number of rotatable bonds is 9. The Morgan fingerprint density at radius 2 is 1.57 bits per heavy atom. The third-order valence-electron chi connectivity index (χ3n) is 4.79. The van der Waals surface area contributed by atoms with Gasteiger partial charge in [-0.05, 0) is 35.1 Å². The molecular formula is C23H32N2O3. The Kier molecular flexibility index (Phi) is 7.88. The summed E-state index contributed by atoms with van der Waals surface area (Å²) >= 11 is 0. The highest BCUT2D eigenvalue weighted by molar-refractivity contribution is 5.94. The van der Waals surface area contributed by atoms with Crippen LogP contribution in [-0.2, 0) is 4.79 Å². The van der Waals surface area contributed by atoms with Crippen LogP contribution in [0.5, 0.6) is 11.5 Å². The molecule has 5 heteroatoms. The van der Waals surface area contributed by atoms with Crippen molar-refractivity contribution in [2.75, 3.05) is 26.1 Å². The standard InChI is InChI=1S/C23H32N2O3/c1-15(2)17-7-9-18(10-8-17)23(16(3)4)24-14-22(26)25-20-13-19(27-5)11-12-21(20)28-6/h7-13,15-16,23-24H,14H2,1-6H3,(H,25,26). The molecule has 5 nitrogen and oxygen atoms in total. The lowest BCUT2D eigenvalue weighted by molar-refractivity contribution is -0.115. The van der Waals surface area contributed by atoms with Crippen LogP contribution in [0.25, 0.3) is 0 Å². The summed E-state index contributed by atoms with van der Waals surface area (Å²) < 4.78 is 10.5. The molecule has 0 saturated carbocycles. The van der Waals surface area contributed by atoms with Crippen LogP contribution in [0.4, 0.5) is 5.69 Å². The molecule has 0 radical (unpaired) electrons. The second-order valence-corrected chi connectivity index (χ2v) is 7.54. The smallest absolute Gasteiger partial charge is 0.238 e. The van der Waals surface area contributed by atoms with Gasteiger partial charge < -0.3 is 20.1 Å². The molecule has 0 aliphatic heterocycles. The summed E-state index contributed by atoms with van der Waals surface area (Å²) in [5.41, 5.74) is 3.09. The van der Waals surface area contributed by atoms with Crippen molar-refractivity contribution in [2.24, 2.45) is 5.92 Å². The van der Waals surface area contributed by atoms with Crippen molar-refractivity contribution in [1.29, 1.82) is 0 Å². The summed E-state index contributed by atoms with van der Waals surface area (Å²) in [5, 5.41) is 6.29. The molecule has 2 aromatic rings. The fourth-order valence-electron chi connectivity index (χ4n) is 3.14. The maximum Gasteiger partial charge on any atom is 0.238 e. The number of anilines is 1. The van der Waals surface area contributed by atoms with Crippen LogP contribution in [0.1, 0.15) is 50.8 Å². The van der Waals surface area contributed by atoms with E-state index in [1.54, 1.807) is 32.4 Å². The number of nitrogens with one attached hydrogen (secondary N) is 2. The summed E-state index contributed by atoms with van der Waals surface area (Å²) in [6, 6.07) is 14.0. The zero-order chi connectivity index (χ0) is 20.7. The SMILES string of the molecule is COc1ccc(OC)c(NC(=O)CNC(c2ccc(C(C)C)cc2)C(C)C)c1. The van der Waals surface area contributed by atoms with Crippen LogP contribution >= 0.6 is 0 Å². The van der Waals surface area contributed by atoms with Crippen molar-refractivity contribution in [3.63, 3.8) is 0 Å². The molecular weight excluding hydrogens is 352 g/mol. The van der Waals surface area contributed by atoms with E-state index >= 15 is 0 Å². The van der Waals surface area contributed by atoms with Crippen molar-refractivity contribution in [3.05, 3.63) is 53.6 Å². The average molecular weight is 385 g/mol. The number of benzene rings is 2. The molecule has 2 N–H and O–H groups in total. The first-order valence-electron chi connectivity index (χ1n) is 9.70. The van der Waals surface area contributed by atoms with E-state index in [0.29, 0.717) is 29.0 Å². The van der Waals surface area contributed by atoms with Crippen LogP contribution in [0.3, 0.4) is 0 Å². The lowest BCUT2D eigenvalue weighted by Crippen LogP contribution is -2.33. The molecule has 1 amide bonds. The normalized spacial score (nSPS) is 12.1. The topological polar surface area (TPSA) is 59.6 Å². The Bertz CT molecular complexity index is 770. The van der Waals surface area contributed by atoms with Gasteiger partial charge in [-0.1, -0.05) is 52.0 Å². The van der Waals surface area contributed by atoms with E-state index in [1.165, 1.54) is 11.1 Å². The molecule has 0 aliphatic rings. The summed E-state index contributed by atoms with van der Waals surface area (Å²) in [6.07, 6.45) is 0. The minimum atomic E-state index is -0.129. The quantitative estimate of drug-likeness (QED) is 0.655. The van der Waals surface area contributed by atoms with Gasteiger partial charge in [-0.25, -0.2) is 0 Å². The first-order valence-corrected chi connectivity index (χ1v) is 9.70. The third-order valence-corrected chi connectivity index (χ3v) is 4.79. The maximum atomic E-state index is 12.5. The number of carbonyl (C=O) groups excluding carboxylic acids is 1. The predicted molar refractivity (Wildman–Crippen MR) is 114 cm³/mol. The van der Waals surface area contributed by atoms with E-state index in [0.717, 1.165) is 0 Å². The van der Waals surface area contributed by atoms with E-state index in [1.807, 2.05) is 0 Å². The van der Waals surface area contributed by atoms with Gasteiger partial charge in [-0.15, -0.1) is 0 Å². The summed E-state index contributed by atoms with van der Waals surface area (Å²) in [6.45, 7) is 8.87. The van der Waals surface area contributed by atoms with Gasteiger partial charge in [0.15, 0.2) is 0 Å². The van der Waals surface area contributed by atoms with E-state index in [-0.39, 0.29) is 18.5 Å². The third kappa shape index (κ3) is 5.73. The highest BCUT2D eigenvalue weighted by Crippen LogP contribution is 2.29. The van der Waals surface area contributed by atoms with Gasteiger partial charge in [0.25, 0.3) is 0 Å². The number of hydrogen-bond acceptors (Lipinski definition) is 4. The Labute approximate surface area is 168 Å². The molecule has 0 spiro atoms. The van der Waals surface area contributed by atoms with Gasteiger partial charge in [-0.3, -0.25) is 4.79 Å². The monoisotopic (exact) mass is 384 g/mol. The van der Waals surface area contributed by atoms with Gasteiger partial charge in [0.1, 0.15) is 11.5 Å². The summed E-state index contributed by atoms with van der Waals surface area (Å²) in [5.74, 6) is 1.98. The molecule has 2 aromatic carbocycles. The van der Waals surface area contributed by atoms with Crippen LogP contribution in [0.15, 0.2) is 42.5 Å². The van der Waals surface area contributed by atoms with Gasteiger partial charge in [-0.2, -0.15) is 0 Å². The fraction of sp³-hybridized carbons (Fsp3) is 0.435. The van der Waals surface area contributed by atoms with Crippen LogP contribution in [0.2, 0.25) is 0 Å². The van der Waals surface area contributed by atoms with Gasteiger partial charge in [0, 0.05) is 12.1 Å². The van der Waals surface area contributed by atoms with Gasteiger partial charge in [0.2, 0.25) is 5.91 Å². The summed E-state index contributed by atoms with van der Waals surface area (Å²) in [4.78, 5) is 12.5. The number of amides is 1. The van der Waals surface area contributed by atoms with Gasteiger partial charge in [0.05, 0.1) is 26.5 Å². The van der Waals surface area contributed by atoms with E-state index in [4.69, 9.17) is 9.47 Å². The number of methoxy groups -OCH3 is 2. The first-order chi connectivity index (χ1) is 13.3. The van der Waals surface area contributed by atoms with E-state index < -0.39 is 0 Å². The number of ether oxygens (including phenoxy) is 2. The molecule has 2 rings (SSSR count). The second-order valence-electron chi connectivity index (χ2n) is 7.54. The number of hydrogen-bond donors (Lipinski definition) is 2. The van der Waals surface area contributed by atoms with Crippen LogP contribution < -0.4 is 20.1 Å². The Morgan fingerprint density at radius 1 is 0.929 bits per heavy atom. The molecule has 0 aromatic heterocycles. The highest BCUT2D eigenvalue weighted by Gasteiger charge is 2.17. The lowest BCUT2D eigenvalue weighted by atomic mass is 9.93. The fourth-order valence-corrected chi connectivity index (χ4v) is 3.14. The Hall–Kier alpha value is -2.53. The largest absolute Gasteiger partial charge is 0.497 e. The first kappa shape index (κ1) is 21.8. The number of carbonyl (C=O) groups is 1. The summed E-state index contributed by atoms with van der Waals surface area (Å²) in [7, 11) is 3.16. The zero-order valence-electron chi connectivity index (χ0n) is 17.7. The Balaban J connectivity index is 2.04. The van der Waals surface area contributed by atoms with Crippen molar-refractivity contribution >= 4 is 11.6 Å². The van der Waals surface area contributed by atoms with Crippen molar-refractivity contribution in [2.45, 2.75) is 39.7 Å². The van der Waals surface area contributed by atoms with Crippen molar-refractivity contribution in [1.82, 2.24) is 5.32 Å². The average Bonchev–Trinajstić information content (AvgIpc) is 2.68. The second kappa shape index (κ2) is 10.1. The van der Waals surface area contributed by atoms with Gasteiger partial charge >= 0.3 is 0 Å². The van der Waals surface area contributed by atoms with Crippen LogP contribution in [0, 0.1) is 5.92 Å². The Morgan fingerprint density at radius 3 is 2.11 bits per heavy atom. The minimum absolute atomic E-state index is 0.0965. The molecule has 0 saturated heterocycles. The molecule has 0 aliphatic carbocycles. The molecule has 0 bridgehead atoms. The molecule has 152 valence electrons. The molecule has 0 heterocycles. The molecule has 1 atom stereocenters. The minimum Gasteiger partial charge on any atom is -0.497 e. The van der Waals surface area contributed by atoms with E-state index in [2.05, 4.69) is 62.6 Å². The van der Waals surface area contributed by atoms with E-state index in [9.17, 15) is 4.79 Å². The lowest BCUT2D eigenvalue weighted by Gasteiger charge is -2.23. The van der Waals surface area contributed by atoms with Crippen molar-refractivity contribution in [3.8, 4) is 11.5 Å². The van der Waals surface area contributed by atoms with Crippen molar-refractivity contribution < 1.29 is 14.3 Å². The zero-order valence-corrected chi connectivity index (χ0v) is 17.7.